The molecule has 1 N–H and O–H groups in total. The maximum atomic E-state index is 6.25. The zero-order chi connectivity index (χ0) is 23.6. The third kappa shape index (κ3) is 7.88. The number of nitrogens with one attached hydrogen (secondary N) is 1. The van der Waals surface area contributed by atoms with E-state index in [4.69, 9.17) is 42.1 Å². The molecule has 0 bridgehead atoms. The zero-order valence-electron chi connectivity index (χ0n) is 19.5. The van der Waals surface area contributed by atoms with Crippen LogP contribution in [0.25, 0.3) is 0 Å². The van der Waals surface area contributed by atoms with Gasteiger partial charge in [0.1, 0.15) is 6.61 Å². The number of halogens is 3. The minimum Gasteiger partial charge on any atom is -0.493 e. The summed E-state index contributed by atoms with van der Waals surface area (Å²) in [5, 5.41) is 4.66. The third-order valence-corrected chi connectivity index (χ3v) is 5.66. The summed E-state index contributed by atoms with van der Waals surface area (Å²) in [6.45, 7) is 4.38. The predicted octanol–water partition coefficient (Wildman–Crippen LogP) is 6.74. The van der Waals surface area contributed by atoms with E-state index >= 15 is 0 Å². The molecule has 3 rings (SSSR count). The Morgan fingerprint density at radius 2 is 1.47 bits per heavy atom. The molecule has 0 radical (unpaired) electrons. The number of hydrogen-bond acceptors (Lipinski definition) is 5. The lowest BCUT2D eigenvalue weighted by atomic mass is 10.1. The first-order valence-corrected chi connectivity index (χ1v) is 11.5. The topological polar surface area (TPSA) is 49.0 Å². The van der Waals surface area contributed by atoms with Crippen LogP contribution in [0.4, 0.5) is 0 Å². The highest BCUT2D eigenvalue weighted by Gasteiger charge is 2.09. The van der Waals surface area contributed by atoms with E-state index in [1.807, 2.05) is 43.3 Å². The standard InChI is InChI=1S/C26H29Cl2NO4.ClH/c1-4-32-26-14-19(6-10-24(26)33-17-20-7-8-21(27)15-22(20)28)16-29-12-11-18-5-9-23(30-2)25(13-18)31-3;/h5-10,13-15,29H,4,11-12,16-17H2,1-3H3;1H. The van der Waals surface area contributed by atoms with Gasteiger partial charge in [0.05, 0.1) is 20.8 Å². The maximum Gasteiger partial charge on any atom is 0.161 e. The average Bonchev–Trinajstić information content (AvgIpc) is 2.82. The second-order valence-electron chi connectivity index (χ2n) is 7.35. The minimum atomic E-state index is 0. The van der Waals surface area contributed by atoms with E-state index in [0.717, 1.165) is 42.1 Å². The molecule has 0 aromatic heterocycles. The van der Waals surface area contributed by atoms with Crippen molar-refractivity contribution in [1.82, 2.24) is 5.32 Å². The summed E-state index contributed by atoms with van der Waals surface area (Å²) >= 11 is 12.2. The highest BCUT2D eigenvalue weighted by Crippen LogP contribution is 2.31. The molecule has 0 aliphatic rings. The Morgan fingerprint density at radius 3 is 2.18 bits per heavy atom. The Labute approximate surface area is 217 Å². The van der Waals surface area contributed by atoms with Gasteiger partial charge >= 0.3 is 0 Å². The Hall–Kier alpha value is -2.31. The van der Waals surface area contributed by atoms with Crippen LogP contribution in [0.2, 0.25) is 10.0 Å². The third-order valence-electron chi connectivity index (χ3n) is 5.07. The van der Waals surface area contributed by atoms with Crippen LogP contribution in [-0.2, 0) is 19.6 Å². The molecular formula is C26H30Cl3NO4. The second kappa shape index (κ2) is 14.2. The van der Waals surface area contributed by atoms with Crippen LogP contribution in [0, 0.1) is 0 Å². The Kier molecular flexibility index (Phi) is 11.6. The van der Waals surface area contributed by atoms with Crippen LogP contribution >= 0.6 is 35.6 Å². The molecule has 0 amide bonds. The zero-order valence-corrected chi connectivity index (χ0v) is 21.9. The molecule has 0 aliphatic heterocycles. The number of hydrogen-bond donors (Lipinski definition) is 1. The fourth-order valence-electron chi connectivity index (χ4n) is 3.35. The largest absolute Gasteiger partial charge is 0.493 e. The summed E-state index contributed by atoms with van der Waals surface area (Å²) in [4.78, 5) is 0. The van der Waals surface area contributed by atoms with E-state index < -0.39 is 0 Å². The first-order chi connectivity index (χ1) is 16.0. The maximum absolute atomic E-state index is 6.25. The van der Waals surface area contributed by atoms with Crippen LogP contribution < -0.4 is 24.3 Å². The van der Waals surface area contributed by atoms with Gasteiger partial charge in [0.25, 0.3) is 0 Å². The van der Waals surface area contributed by atoms with Crippen LogP contribution in [0.5, 0.6) is 23.0 Å². The van der Waals surface area contributed by atoms with Crippen molar-refractivity contribution in [2.24, 2.45) is 0 Å². The molecule has 0 saturated carbocycles. The van der Waals surface area contributed by atoms with Gasteiger partial charge in [0, 0.05) is 22.2 Å². The number of rotatable bonds is 12. The SMILES string of the molecule is CCOc1cc(CNCCc2ccc(OC)c(OC)c2)ccc1OCc1ccc(Cl)cc1Cl.Cl. The first-order valence-electron chi connectivity index (χ1n) is 10.8. The van der Waals surface area contributed by atoms with Gasteiger partial charge in [-0.15, -0.1) is 12.4 Å². The van der Waals surface area contributed by atoms with Crippen molar-refractivity contribution >= 4 is 35.6 Å². The van der Waals surface area contributed by atoms with Gasteiger partial charge in [0.2, 0.25) is 0 Å². The number of methoxy groups -OCH3 is 2. The quantitative estimate of drug-likeness (QED) is 0.265. The Balaban J connectivity index is 0.00000408. The van der Waals surface area contributed by atoms with Gasteiger partial charge in [-0.05, 0) is 67.4 Å². The van der Waals surface area contributed by atoms with E-state index in [1.54, 1.807) is 26.4 Å². The molecule has 0 heterocycles. The smallest absolute Gasteiger partial charge is 0.161 e. The minimum absolute atomic E-state index is 0. The van der Waals surface area contributed by atoms with Crippen molar-refractivity contribution < 1.29 is 18.9 Å². The molecule has 0 fully saturated rings. The Morgan fingerprint density at radius 1 is 0.765 bits per heavy atom. The van der Waals surface area contributed by atoms with E-state index in [9.17, 15) is 0 Å². The van der Waals surface area contributed by atoms with Crippen molar-refractivity contribution in [3.05, 3.63) is 81.3 Å². The van der Waals surface area contributed by atoms with Crippen molar-refractivity contribution in [1.29, 1.82) is 0 Å². The summed E-state index contributed by atoms with van der Waals surface area (Å²) in [6, 6.07) is 17.3. The monoisotopic (exact) mass is 525 g/mol. The lowest BCUT2D eigenvalue weighted by Gasteiger charge is -2.14. The van der Waals surface area contributed by atoms with Gasteiger partial charge in [-0.25, -0.2) is 0 Å². The van der Waals surface area contributed by atoms with Crippen LogP contribution in [0.15, 0.2) is 54.6 Å². The fraction of sp³-hybridized carbons (Fsp3) is 0.308. The van der Waals surface area contributed by atoms with Crippen LogP contribution in [-0.4, -0.2) is 27.4 Å². The number of ether oxygens (including phenoxy) is 4. The normalized spacial score (nSPS) is 10.4. The molecule has 0 saturated heterocycles. The van der Waals surface area contributed by atoms with E-state index in [-0.39, 0.29) is 12.4 Å². The molecule has 34 heavy (non-hydrogen) atoms. The molecule has 5 nitrogen and oxygen atoms in total. The molecule has 0 aliphatic carbocycles. The second-order valence-corrected chi connectivity index (χ2v) is 8.20. The molecule has 8 heteroatoms. The van der Waals surface area contributed by atoms with Crippen molar-refractivity contribution in [3.63, 3.8) is 0 Å². The fourth-order valence-corrected chi connectivity index (χ4v) is 3.81. The van der Waals surface area contributed by atoms with Crippen LogP contribution in [0.3, 0.4) is 0 Å². The van der Waals surface area contributed by atoms with Crippen molar-refractivity contribution in [3.8, 4) is 23.0 Å². The van der Waals surface area contributed by atoms with Gasteiger partial charge in [-0.2, -0.15) is 0 Å². The highest BCUT2D eigenvalue weighted by molar-refractivity contribution is 6.35. The lowest BCUT2D eigenvalue weighted by Crippen LogP contribution is -2.16. The molecule has 184 valence electrons. The van der Waals surface area contributed by atoms with Gasteiger partial charge in [0.15, 0.2) is 23.0 Å². The van der Waals surface area contributed by atoms with E-state index in [2.05, 4.69) is 11.4 Å². The summed E-state index contributed by atoms with van der Waals surface area (Å²) in [5.41, 5.74) is 3.16. The van der Waals surface area contributed by atoms with Crippen molar-refractivity contribution in [2.45, 2.75) is 26.5 Å². The molecule has 0 atom stereocenters. The van der Waals surface area contributed by atoms with Gasteiger partial charge in [-0.1, -0.05) is 41.4 Å². The van der Waals surface area contributed by atoms with E-state index in [1.165, 1.54) is 5.56 Å². The summed E-state index contributed by atoms with van der Waals surface area (Å²) < 4.78 is 22.5. The molecule has 0 spiro atoms. The molecule has 0 unspecified atom stereocenters. The first kappa shape index (κ1) is 27.9. The summed E-state index contributed by atoms with van der Waals surface area (Å²) in [6.07, 6.45) is 0.877. The van der Waals surface area contributed by atoms with Crippen molar-refractivity contribution in [2.75, 3.05) is 27.4 Å². The Bertz CT molecular complexity index is 1060. The lowest BCUT2D eigenvalue weighted by molar-refractivity contribution is 0.269. The molecule has 3 aromatic carbocycles. The average molecular weight is 527 g/mol. The summed E-state index contributed by atoms with van der Waals surface area (Å²) in [5.74, 6) is 2.86. The number of benzene rings is 3. The van der Waals surface area contributed by atoms with Gasteiger partial charge in [-0.3, -0.25) is 0 Å². The highest BCUT2D eigenvalue weighted by atomic mass is 35.5. The summed E-state index contributed by atoms with van der Waals surface area (Å²) in [7, 11) is 3.28. The predicted molar refractivity (Wildman–Crippen MR) is 141 cm³/mol. The van der Waals surface area contributed by atoms with E-state index in [0.29, 0.717) is 34.8 Å². The van der Waals surface area contributed by atoms with Crippen LogP contribution in [0.1, 0.15) is 23.6 Å². The molecule has 3 aromatic rings. The van der Waals surface area contributed by atoms with Gasteiger partial charge < -0.3 is 24.3 Å². The molecular weight excluding hydrogens is 497 g/mol.